The largest absolute Gasteiger partial charge is 0.309 e. The van der Waals surface area contributed by atoms with Crippen molar-refractivity contribution in [1.82, 2.24) is 19.5 Å². The van der Waals surface area contributed by atoms with Crippen LogP contribution in [-0.4, -0.2) is 19.5 Å². The first-order chi connectivity index (χ1) is 29.7. The third kappa shape index (κ3) is 6.16. The highest BCUT2D eigenvalue weighted by molar-refractivity contribution is 6.09. The molecule has 0 saturated carbocycles. The van der Waals surface area contributed by atoms with Gasteiger partial charge < -0.3 is 4.57 Å². The summed E-state index contributed by atoms with van der Waals surface area (Å²) < 4.78 is 54.6. The summed E-state index contributed by atoms with van der Waals surface area (Å²) in [6, 6.07) is 54.3. The van der Waals surface area contributed by atoms with E-state index >= 15 is 0 Å². The molecule has 2 aromatic heterocycles. The Morgan fingerprint density at radius 3 is 1.24 bits per heavy atom. The van der Waals surface area contributed by atoms with Crippen molar-refractivity contribution in [3.63, 3.8) is 0 Å². The molecule has 10 aromatic rings. The third-order valence-corrected chi connectivity index (χ3v) is 9.76. The highest BCUT2D eigenvalue weighted by atomic mass is 15.0. The molecule has 55 heavy (non-hydrogen) atoms. The number of hydrogen-bond donors (Lipinski definition) is 0. The molecule has 0 aliphatic rings. The summed E-state index contributed by atoms with van der Waals surface area (Å²) in [6.45, 7) is 0. The van der Waals surface area contributed by atoms with Crippen molar-refractivity contribution in [3.8, 4) is 73.2 Å². The second-order valence-electron chi connectivity index (χ2n) is 13.2. The van der Waals surface area contributed by atoms with Gasteiger partial charge >= 0.3 is 0 Å². The van der Waals surface area contributed by atoms with Crippen molar-refractivity contribution in [2.75, 3.05) is 0 Å². The number of aromatic nitrogens is 4. The first-order valence-electron chi connectivity index (χ1n) is 21.0. The van der Waals surface area contributed by atoms with Crippen molar-refractivity contribution in [3.05, 3.63) is 206 Å². The van der Waals surface area contributed by atoms with Gasteiger partial charge in [0.05, 0.1) is 19.3 Å². The van der Waals surface area contributed by atoms with Gasteiger partial charge in [-0.2, -0.15) is 0 Å². The maximum Gasteiger partial charge on any atom is 0.164 e. The fraction of sp³-hybridized carbons (Fsp3) is 0. The minimum Gasteiger partial charge on any atom is -0.309 e. The average Bonchev–Trinajstić information content (AvgIpc) is 3.69. The molecular formula is C51H34N4. The van der Waals surface area contributed by atoms with Gasteiger partial charge in [0, 0.05) is 33.2 Å². The lowest BCUT2D eigenvalue weighted by atomic mass is 9.95. The van der Waals surface area contributed by atoms with Crippen LogP contribution in [0.25, 0.3) is 95.0 Å². The maximum absolute atomic E-state index is 9.06. The van der Waals surface area contributed by atoms with Crippen LogP contribution in [0.4, 0.5) is 0 Å². The second-order valence-corrected chi connectivity index (χ2v) is 13.2. The van der Waals surface area contributed by atoms with Gasteiger partial charge in [0.1, 0.15) is 0 Å². The zero-order chi connectivity index (χ0) is 41.8. The molecule has 0 fully saturated rings. The van der Waals surface area contributed by atoms with Gasteiger partial charge in [0.2, 0.25) is 0 Å². The van der Waals surface area contributed by atoms with Crippen LogP contribution < -0.4 is 0 Å². The summed E-state index contributed by atoms with van der Waals surface area (Å²) in [6.07, 6.45) is 0. The smallest absolute Gasteiger partial charge is 0.164 e. The molecule has 0 aliphatic carbocycles. The lowest BCUT2D eigenvalue weighted by molar-refractivity contribution is 1.07. The van der Waals surface area contributed by atoms with E-state index in [1.165, 1.54) is 12.1 Å². The molecule has 0 unspecified atom stereocenters. The molecule has 258 valence electrons. The van der Waals surface area contributed by atoms with Gasteiger partial charge in [-0.25, -0.2) is 15.0 Å². The van der Waals surface area contributed by atoms with Gasteiger partial charge in [0.15, 0.2) is 17.5 Å². The Bertz CT molecular complexity index is 3190. The van der Waals surface area contributed by atoms with Crippen LogP contribution in [0, 0.1) is 0 Å². The summed E-state index contributed by atoms with van der Waals surface area (Å²) in [7, 11) is 0. The van der Waals surface area contributed by atoms with Crippen LogP contribution in [0.1, 0.15) is 8.22 Å². The maximum atomic E-state index is 9.06. The Labute approximate surface area is 328 Å². The number of para-hydroxylation sites is 2. The predicted octanol–water partition coefficient (Wildman–Crippen LogP) is 13.0. The minimum atomic E-state index is -0.152. The van der Waals surface area contributed by atoms with E-state index in [2.05, 4.69) is 30.3 Å². The number of fused-ring (bicyclic) bond motifs is 3. The van der Waals surface area contributed by atoms with Crippen molar-refractivity contribution < 1.29 is 8.22 Å². The lowest BCUT2D eigenvalue weighted by Crippen LogP contribution is -2.00. The van der Waals surface area contributed by atoms with E-state index in [1.54, 1.807) is 4.57 Å². The van der Waals surface area contributed by atoms with Crippen LogP contribution in [0.2, 0.25) is 0 Å². The SMILES string of the molecule is [2H]c1cc([2H])c2c(c1[2H])c1c([2H])c([2H])cc([2H])c1n2-c1cc(-c2ccccc2)cc(-c2cccc(-c3cccc(-c4nc(-c5ccccc5)nc(-c5ccccc5)n4)c3)c2)c1. The summed E-state index contributed by atoms with van der Waals surface area (Å²) in [4.78, 5) is 14.8. The molecule has 8 aromatic carbocycles. The van der Waals surface area contributed by atoms with Crippen LogP contribution in [0.15, 0.2) is 206 Å². The Morgan fingerprint density at radius 1 is 0.327 bits per heavy atom. The second kappa shape index (κ2) is 13.8. The lowest BCUT2D eigenvalue weighted by Gasteiger charge is -2.15. The van der Waals surface area contributed by atoms with E-state index in [1.807, 2.05) is 127 Å². The van der Waals surface area contributed by atoms with Gasteiger partial charge in [-0.15, -0.1) is 0 Å². The van der Waals surface area contributed by atoms with E-state index in [0.717, 1.165) is 50.1 Å². The van der Waals surface area contributed by atoms with E-state index in [-0.39, 0.29) is 47.0 Å². The molecule has 4 nitrogen and oxygen atoms in total. The molecule has 0 amide bonds. The fourth-order valence-corrected chi connectivity index (χ4v) is 7.13. The predicted molar refractivity (Wildman–Crippen MR) is 227 cm³/mol. The summed E-state index contributed by atoms with van der Waals surface area (Å²) in [5.74, 6) is 1.73. The highest BCUT2D eigenvalue weighted by Crippen LogP contribution is 2.37. The van der Waals surface area contributed by atoms with Crippen molar-refractivity contribution in [1.29, 1.82) is 0 Å². The van der Waals surface area contributed by atoms with Crippen LogP contribution in [0.5, 0.6) is 0 Å². The molecule has 0 aliphatic heterocycles. The van der Waals surface area contributed by atoms with Crippen LogP contribution >= 0.6 is 0 Å². The topological polar surface area (TPSA) is 43.6 Å². The Kier molecular flexibility index (Phi) is 6.63. The van der Waals surface area contributed by atoms with E-state index in [4.69, 9.17) is 23.2 Å². The fourth-order valence-electron chi connectivity index (χ4n) is 7.13. The first-order valence-corrected chi connectivity index (χ1v) is 18.0. The average molecular weight is 709 g/mol. The molecule has 0 radical (unpaired) electrons. The van der Waals surface area contributed by atoms with E-state index in [9.17, 15) is 0 Å². The summed E-state index contributed by atoms with van der Waals surface area (Å²) in [5.41, 5.74) is 9.44. The molecule has 0 bridgehead atoms. The quantitative estimate of drug-likeness (QED) is 0.166. The molecule has 0 spiro atoms. The van der Waals surface area contributed by atoms with Crippen molar-refractivity contribution in [2.24, 2.45) is 0 Å². The molecule has 0 atom stereocenters. The normalized spacial score (nSPS) is 12.8. The van der Waals surface area contributed by atoms with Gasteiger partial charge in [-0.1, -0.05) is 164 Å². The van der Waals surface area contributed by atoms with Crippen molar-refractivity contribution in [2.45, 2.75) is 0 Å². The molecule has 0 saturated heterocycles. The number of nitrogens with zero attached hydrogens (tertiary/aromatic N) is 4. The van der Waals surface area contributed by atoms with Crippen LogP contribution in [0.3, 0.4) is 0 Å². The van der Waals surface area contributed by atoms with Gasteiger partial charge in [0.25, 0.3) is 0 Å². The Balaban J connectivity index is 1.14. The van der Waals surface area contributed by atoms with Gasteiger partial charge in [-0.05, 0) is 75.8 Å². The van der Waals surface area contributed by atoms with E-state index < -0.39 is 0 Å². The first kappa shape index (κ1) is 26.4. The van der Waals surface area contributed by atoms with Crippen molar-refractivity contribution >= 4 is 21.8 Å². The number of hydrogen-bond acceptors (Lipinski definition) is 3. The van der Waals surface area contributed by atoms with Gasteiger partial charge in [-0.3, -0.25) is 0 Å². The van der Waals surface area contributed by atoms with E-state index in [0.29, 0.717) is 34.2 Å². The number of rotatable bonds is 7. The Morgan fingerprint density at radius 2 is 0.709 bits per heavy atom. The summed E-state index contributed by atoms with van der Waals surface area (Å²) in [5, 5.41) is 0.442. The molecule has 2 heterocycles. The Hall–Kier alpha value is -7.43. The standard InChI is InChI=1S/C51H34N4/c1-4-16-35(17-5-1)42-32-43(34-44(33-42)55-47-28-12-10-26-45(47)46-27-11-13-29-48(46)55)40-24-14-22-38(30-40)39-23-15-25-41(31-39)51-53-49(36-18-6-2-7-19-36)52-50(54-51)37-20-8-3-9-21-37/h1-34H/i10D,11D,26D,27D,28D,29D. The zero-order valence-corrected chi connectivity index (χ0v) is 29.5. The molecule has 4 heteroatoms. The molecule has 10 rings (SSSR count). The zero-order valence-electron chi connectivity index (χ0n) is 35.5. The molecular weight excluding hydrogens is 669 g/mol. The highest BCUT2D eigenvalue weighted by Gasteiger charge is 2.16. The monoisotopic (exact) mass is 708 g/mol. The summed E-state index contributed by atoms with van der Waals surface area (Å²) >= 11 is 0. The minimum absolute atomic E-state index is 0.00368. The molecule has 0 N–H and O–H groups in total. The van der Waals surface area contributed by atoms with Crippen LogP contribution in [-0.2, 0) is 0 Å². The number of benzene rings is 8. The third-order valence-electron chi connectivity index (χ3n) is 9.76.